The van der Waals surface area contributed by atoms with E-state index in [9.17, 15) is 15.0 Å². The Labute approximate surface area is 172 Å². The summed E-state index contributed by atoms with van der Waals surface area (Å²) in [6.45, 7) is 1.63. The first-order valence-corrected chi connectivity index (χ1v) is 9.20. The fourth-order valence-corrected chi connectivity index (χ4v) is 3.10. The van der Waals surface area contributed by atoms with E-state index in [2.05, 4.69) is 20.5 Å². The molecule has 2 aromatic heterocycles. The third-order valence-corrected chi connectivity index (χ3v) is 4.63. The number of hydrogen-bond acceptors (Lipinski definition) is 6. The lowest BCUT2D eigenvalue weighted by Crippen LogP contribution is -2.20. The molecule has 0 radical (unpaired) electrons. The standard InChI is InChI=1S/C23H18N4O3/c1-14(18-12-16(28)6-7-22(18)29)26-27-23(30)19-13-21(15-8-10-24-11-9-15)25-20-5-3-2-4-17(19)20/h2-13,28-29H,1H3,(H,27,30)/b26-14+. The van der Waals surface area contributed by atoms with Gasteiger partial charge in [0.15, 0.2) is 0 Å². The first-order chi connectivity index (χ1) is 14.5. The number of carbonyl (C=O) groups is 1. The molecule has 4 rings (SSSR count). The van der Waals surface area contributed by atoms with Crippen LogP contribution < -0.4 is 5.43 Å². The normalized spacial score (nSPS) is 11.4. The van der Waals surface area contributed by atoms with Crippen LogP contribution in [0.4, 0.5) is 0 Å². The number of carbonyl (C=O) groups excluding carboxylic acids is 1. The van der Waals surface area contributed by atoms with E-state index in [1.807, 2.05) is 36.4 Å². The molecule has 0 saturated carbocycles. The van der Waals surface area contributed by atoms with Crippen LogP contribution in [0.3, 0.4) is 0 Å². The maximum atomic E-state index is 13.0. The molecule has 2 aromatic carbocycles. The molecule has 0 fully saturated rings. The van der Waals surface area contributed by atoms with Crippen molar-refractivity contribution in [3.8, 4) is 22.8 Å². The number of nitrogens with zero attached hydrogens (tertiary/aromatic N) is 3. The maximum Gasteiger partial charge on any atom is 0.272 e. The molecule has 4 aromatic rings. The highest BCUT2D eigenvalue weighted by molar-refractivity contribution is 6.08. The number of phenols is 2. The zero-order valence-electron chi connectivity index (χ0n) is 16.1. The summed E-state index contributed by atoms with van der Waals surface area (Å²) in [6, 6.07) is 16.8. The van der Waals surface area contributed by atoms with E-state index in [0.29, 0.717) is 33.4 Å². The van der Waals surface area contributed by atoms with E-state index in [1.165, 1.54) is 18.2 Å². The maximum absolute atomic E-state index is 13.0. The molecule has 1 amide bonds. The Morgan fingerprint density at radius 2 is 1.73 bits per heavy atom. The van der Waals surface area contributed by atoms with Crippen LogP contribution in [0.5, 0.6) is 11.5 Å². The van der Waals surface area contributed by atoms with E-state index >= 15 is 0 Å². The zero-order chi connectivity index (χ0) is 21.1. The molecule has 3 N–H and O–H groups in total. The summed E-state index contributed by atoms with van der Waals surface area (Å²) >= 11 is 0. The molecule has 0 spiro atoms. The highest BCUT2D eigenvalue weighted by atomic mass is 16.3. The molecule has 0 unspecified atom stereocenters. The number of aromatic hydroxyl groups is 2. The Kier molecular flexibility index (Phi) is 5.09. The molecular weight excluding hydrogens is 380 g/mol. The van der Waals surface area contributed by atoms with E-state index in [0.717, 1.165) is 5.56 Å². The number of pyridine rings is 2. The Hall–Kier alpha value is -4.26. The number of aromatic nitrogens is 2. The van der Waals surface area contributed by atoms with Crippen LogP contribution in [0.25, 0.3) is 22.2 Å². The Balaban J connectivity index is 1.71. The van der Waals surface area contributed by atoms with E-state index in [-0.39, 0.29) is 11.5 Å². The number of amides is 1. The van der Waals surface area contributed by atoms with Gasteiger partial charge in [-0.2, -0.15) is 5.10 Å². The van der Waals surface area contributed by atoms with Crippen LogP contribution in [0.1, 0.15) is 22.8 Å². The number of nitrogens with one attached hydrogen (secondary N) is 1. The molecule has 30 heavy (non-hydrogen) atoms. The van der Waals surface area contributed by atoms with Crippen LogP contribution >= 0.6 is 0 Å². The molecule has 148 valence electrons. The predicted molar refractivity (Wildman–Crippen MR) is 114 cm³/mol. The second kappa shape index (κ2) is 8.00. The SMILES string of the molecule is C/C(=N\NC(=O)c1cc(-c2ccncc2)nc2ccccc12)c1cc(O)ccc1O. The summed E-state index contributed by atoms with van der Waals surface area (Å²) in [5.74, 6) is -0.466. The first-order valence-electron chi connectivity index (χ1n) is 9.20. The lowest BCUT2D eigenvalue weighted by atomic mass is 10.0. The molecule has 0 bridgehead atoms. The second-order valence-corrected chi connectivity index (χ2v) is 6.65. The third-order valence-electron chi connectivity index (χ3n) is 4.63. The molecule has 2 heterocycles. The van der Waals surface area contributed by atoms with Gasteiger partial charge in [-0.3, -0.25) is 9.78 Å². The third kappa shape index (κ3) is 3.81. The summed E-state index contributed by atoms with van der Waals surface area (Å²) in [7, 11) is 0. The highest BCUT2D eigenvalue weighted by Gasteiger charge is 2.14. The number of hydrazone groups is 1. The van der Waals surface area contributed by atoms with Gasteiger partial charge in [0.1, 0.15) is 11.5 Å². The topological polar surface area (TPSA) is 108 Å². The van der Waals surface area contributed by atoms with Crippen molar-refractivity contribution in [3.05, 3.63) is 84.2 Å². The molecule has 0 atom stereocenters. The predicted octanol–water partition coefficient (Wildman–Crippen LogP) is 3.86. The van der Waals surface area contributed by atoms with Gasteiger partial charge in [-0.15, -0.1) is 0 Å². The van der Waals surface area contributed by atoms with Crippen LogP contribution in [0.2, 0.25) is 0 Å². The fraction of sp³-hybridized carbons (Fsp3) is 0.0435. The van der Waals surface area contributed by atoms with Crippen molar-refractivity contribution in [2.24, 2.45) is 5.10 Å². The average Bonchev–Trinajstić information content (AvgIpc) is 2.78. The van der Waals surface area contributed by atoms with Crippen LogP contribution in [-0.2, 0) is 0 Å². The number of phenolic OH excluding ortho intramolecular Hbond substituents is 2. The second-order valence-electron chi connectivity index (χ2n) is 6.65. The molecule has 0 aliphatic carbocycles. The van der Waals surface area contributed by atoms with Gasteiger partial charge in [-0.25, -0.2) is 10.4 Å². The number of fused-ring (bicyclic) bond motifs is 1. The molecule has 7 nitrogen and oxygen atoms in total. The quantitative estimate of drug-likeness (QED) is 0.275. The Morgan fingerprint density at radius 3 is 2.53 bits per heavy atom. The van der Waals surface area contributed by atoms with Gasteiger partial charge < -0.3 is 10.2 Å². The van der Waals surface area contributed by atoms with Crippen molar-refractivity contribution in [2.45, 2.75) is 6.92 Å². The zero-order valence-corrected chi connectivity index (χ0v) is 16.1. The Morgan fingerprint density at radius 1 is 0.967 bits per heavy atom. The largest absolute Gasteiger partial charge is 0.508 e. The van der Waals surface area contributed by atoms with E-state index in [1.54, 1.807) is 25.4 Å². The fourth-order valence-electron chi connectivity index (χ4n) is 3.10. The van der Waals surface area contributed by atoms with E-state index < -0.39 is 5.91 Å². The van der Waals surface area contributed by atoms with E-state index in [4.69, 9.17) is 0 Å². The van der Waals surface area contributed by atoms with Gasteiger partial charge in [0.2, 0.25) is 0 Å². The van der Waals surface area contributed by atoms with Crippen LogP contribution in [-0.4, -0.2) is 31.8 Å². The molecule has 7 heteroatoms. The van der Waals surface area contributed by atoms with Crippen molar-refractivity contribution < 1.29 is 15.0 Å². The molecule has 0 saturated heterocycles. The number of rotatable bonds is 4. The lowest BCUT2D eigenvalue weighted by Gasteiger charge is -2.10. The Bertz CT molecular complexity index is 1270. The van der Waals surface area contributed by atoms with Gasteiger partial charge in [-0.05, 0) is 49.4 Å². The van der Waals surface area contributed by atoms with Crippen molar-refractivity contribution >= 4 is 22.5 Å². The molecule has 0 aliphatic heterocycles. The molecular formula is C23H18N4O3. The molecule has 0 aliphatic rings. The lowest BCUT2D eigenvalue weighted by molar-refractivity contribution is 0.0956. The van der Waals surface area contributed by atoms with Crippen LogP contribution in [0.15, 0.2) is 78.2 Å². The average molecular weight is 398 g/mol. The minimum Gasteiger partial charge on any atom is -0.508 e. The first kappa shape index (κ1) is 19.1. The smallest absolute Gasteiger partial charge is 0.272 e. The number of hydrogen-bond donors (Lipinski definition) is 3. The van der Waals surface area contributed by atoms with Crippen molar-refractivity contribution in [1.29, 1.82) is 0 Å². The van der Waals surface area contributed by atoms with Gasteiger partial charge in [0.25, 0.3) is 5.91 Å². The van der Waals surface area contributed by atoms with Gasteiger partial charge in [-0.1, -0.05) is 18.2 Å². The summed E-state index contributed by atoms with van der Waals surface area (Å²) < 4.78 is 0. The van der Waals surface area contributed by atoms with Crippen molar-refractivity contribution in [1.82, 2.24) is 15.4 Å². The monoisotopic (exact) mass is 398 g/mol. The number of para-hydroxylation sites is 1. The van der Waals surface area contributed by atoms with Gasteiger partial charge in [0, 0.05) is 28.9 Å². The van der Waals surface area contributed by atoms with Crippen molar-refractivity contribution in [2.75, 3.05) is 0 Å². The minimum absolute atomic E-state index is 0.00852. The minimum atomic E-state index is -0.414. The number of benzene rings is 2. The van der Waals surface area contributed by atoms with Crippen molar-refractivity contribution in [3.63, 3.8) is 0 Å². The highest BCUT2D eigenvalue weighted by Crippen LogP contribution is 2.25. The van der Waals surface area contributed by atoms with Gasteiger partial charge >= 0.3 is 0 Å². The van der Waals surface area contributed by atoms with Crippen LogP contribution in [0, 0.1) is 0 Å². The summed E-state index contributed by atoms with van der Waals surface area (Å²) in [5, 5.41) is 24.4. The summed E-state index contributed by atoms with van der Waals surface area (Å²) in [4.78, 5) is 21.6. The summed E-state index contributed by atoms with van der Waals surface area (Å²) in [6.07, 6.45) is 3.34. The van der Waals surface area contributed by atoms with Gasteiger partial charge in [0.05, 0.1) is 22.5 Å². The summed E-state index contributed by atoms with van der Waals surface area (Å²) in [5.41, 5.74) is 5.80.